The average molecular weight is 428 g/mol. The van der Waals surface area contributed by atoms with Gasteiger partial charge in [-0.3, -0.25) is 9.20 Å². The van der Waals surface area contributed by atoms with E-state index in [9.17, 15) is 4.79 Å². The first-order chi connectivity index (χ1) is 15.6. The molecule has 8 nitrogen and oxygen atoms in total. The monoisotopic (exact) mass is 427 g/mol. The normalized spacial score (nSPS) is 18.5. The SMILES string of the molecule is C[C@H]1CC[C@@H](c2nc(-c3ccc(C(=O)Nc4ccccn4)cc3)c3c(N)nccn23)CN1. The molecule has 0 radical (unpaired) electrons. The molecule has 0 bridgehead atoms. The van der Waals surface area contributed by atoms with Gasteiger partial charge in [0.15, 0.2) is 0 Å². The Morgan fingerprint density at radius 3 is 2.69 bits per heavy atom. The van der Waals surface area contributed by atoms with Crippen LogP contribution < -0.4 is 16.4 Å². The maximum Gasteiger partial charge on any atom is 0.256 e. The highest BCUT2D eigenvalue weighted by Gasteiger charge is 2.26. The molecule has 0 aliphatic carbocycles. The zero-order valence-corrected chi connectivity index (χ0v) is 17.8. The summed E-state index contributed by atoms with van der Waals surface area (Å²) in [4.78, 5) is 26.0. The number of fused-ring (bicyclic) bond motifs is 1. The van der Waals surface area contributed by atoms with Gasteiger partial charge in [0.2, 0.25) is 0 Å². The van der Waals surface area contributed by atoms with E-state index in [-0.39, 0.29) is 5.91 Å². The van der Waals surface area contributed by atoms with Crippen LogP contribution in [0, 0.1) is 0 Å². The Balaban J connectivity index is 1.47. The van der Waals surface area contributed by atoms with Crippen LogP contribution in [0.4, 0.5) is 11.6 Å². The molecule has 2 atom stereocenters. The van der Waals surface area contributed by atoms with Crippen molar-refractivity contribution >= 4 is 23.1 Å². The molecule has 1 aliphatic rings. The number of pyridine rings is 1. The molecule has 4 heterocycles. The number of hydrogen-bond donors (Lipinski definition) is 3. The van der Waals surface area contributed by atoms with E-state index < -0.39 is 0 Å². The summed E-state index contributed by atoms with van der Waals surface area (Å²) in [6.45, 7) is 3.09. The first-order valence-electron chi connectivity index (χ1n) is 10.8. The molecule has 1 amide bonds. The number of rotatable bonds is 4. The van der Waals surface area contributed by atoms with E-state index >= 15 is 0 Å². The molecule has 1 saturated heterocycles. The van der Waals surface area contributed by atoms with E-state index in [1.807, 2.05) is 24.4 Å². The van der Waals surface area contributed by atoms with Gasteiger partial charge in [0.1, 0.15) is 28.7 Å². The molecule has 1 aliphatic heterocycles. The van der Waals surface area contributed by atoms with Crippen molar-refractivity contribution in [2.75, 3.05) is 17.6 Å². The number of imidazole rings is 1. The third kappa shape index (κ3) is 3.80. The van der Waals surface area contributed by atoms with Crippen LogP contribution in [-0.4, -0.2) is 37.8 Å². The Kier molecular flexibility index (Phi) is 5.28. The minimum absolute atomic E-state index is 0.214. The van der Waals surface area contributed by atoms with Crippen molar-refractivity contribution < 1.29 is 4.79 Å². The molecular formula is C24H25N7O. The Bertz CT molecular complexity index is 1240. The largest absolute Gasteiger partial charge is 0.382 e. The minimum Gasteiger partial charge on any atom is -0.382 e. The van der Waals surface area contributed by atoms with E-state index in [1.54, 1.807) is 36.7 Å². The van der Waals surface area contributed by atoms with Crippen molar-refractivity contribution in [3.63, 3.8) is 0 Å². The number of nitrogen functional groups attached to an aromatic ring is 1. The maximum absolute atomic E-state index is 12.6. The zero-order chi connectivity index (χ0) is 22.1. The van der Waals surface area contributed by atoms with Gasteiger partial charge in [0.05, 0.1) is 0 Å². The summed E-state index contributed by atoms with van der Waals surface area (Å²) < 4.78 is 2.06. The van der Waals surface area contributed by atoms with Crippen molar-refractivity contribution in [3.8, 4) is 11.3 Å². The van der Waals surface area contributed by atoms with Crippen molar-refractivity contribution in [1.29, 1.82) is 0 Å². The molecule has 1 fully saturated rings. The lowest BCUT2D eigenvalue weighted by Crippen LogP contribution is -2.36. The molecule has 8 heteroatoms. The van der Waals surface area contributed by atoms with Crippen LogP contribution in [0.2, 0.25) is 0 Å². The fraction of sp³-hybridized carbons (Fsp3) is 0.250. The highest BCUT2D eigenvalue weighted by atomic mass is 16.1. The summed E-state index contributed by atoms with van der Waals surface area (Å²) in [5.41, 5.74) is 9.27. The molecule has 4 N–H and O–H groups in total. The van der Waals surface area contributed by atoms with Gasteiger partial charge in [-0.25, -0.2) is 15.0 Å². The number of hydrogen-bond acceptors (Lipinski definition) is 6. The summed E-state index contributed by atoms with van der Waals surface area (Å²) in [5.74, 6) is 2.03. The quantitative estimate of drug-likeness (QED) is 0.460. The summed E-state index contributed by atoms with van der Waals surface area (Å²) in [5, 5.41) is 6.35. The number of anilines is 2. The topological polar surface area (TPSA) is 110 Å². The fourth-order valence-electron chi connectivity index (χ4n) is 4.20. The Morgan fingerprint density at radius 2 is 1.97 bits per heavy atom. The smallest absolute Gasteiger partial charge is 0.256 e. The number of nitrogens with zero attached hydrogens (tertiary/aromatic N) is 4. The third-order valence-electron chi connectivity index (χ3n) is 5.96. The molecule has 4 aromatic rings. The summed E-state index contributed by atoms with van der Waals surface area (Å²) in [6.07, 6.45) is 7.45. The van der Waals surface area contributed by atoms with Crippen LogP contribution in [0.25, 0.3) is 16.8 Å². The molecule has 0 spiro atoms. The van der Waals surface area contributed by atoms with Crippen LogP contribution in [0.3, 0.4) is 0 Å². The van der Waals surface area contributed by atoms with Crippen LogP contribution >= 0.6 is 0 Å². The molecule has 32 heavy (non-hydrogen) atoms. The van der Waals surface area contributed by atoms with Gasteiger partial charge in [-0.1, -0.05) is 18.2 Å². The lowest BCUT2D eigenvalue weighted by Gasteiger charge is -2.26. The number of amides is 1. The molecule has 5 rings (SSSR count). The van der Waals surface area contributed by atoms with E-state index in [4.69, 9.17) is 10.7 Å². The molecule has 0 saturated carbocycles. The number of nitrogens with two attached hydrogens (primary N) is 1. The minimum atomic E-state index is -0.214. The summed E-state index contributed by atoms with van der Waals surface area (Å²) in [7, 11) is 0. The van der Waals surface area contributed by atoms with Crippen molar-refractivity contribution in [2.24, 2.45) is 0 Å². The van der Waals surface area contributed by atoms with E-state index in [0.717, 1.165) is 42.0 Å². The van der Waals surface area contributed by atoms with Gasteiger partial charge in [0.25, 0.3) is 5.91 Å². The molecule has 0 unspecified atom stereocenters. The Morgan fingerprint density at radius 1 is 1.12 bits per heavy atom. The average Bonchev–Trinajstić information content (AvgIpc) is 3.21. The standard InChI is InChI=1S/C24H25N7O/c1-15-5-6-18(14-28-15)23-30-20(21-22(25)27-12-13-31(21)23)16-7-9-17(10-8-16)24(32)29-19-4-2-3-11-26-19/h2-4,7-13,15,18,28H,5-6,14H2,1H3,(H2,25,27)(H,26,29,32)/t15-,18+/m0/s1. The van der Waals surface area contributed by atoms with Crippen LogP contribution in [0.5, 0.6) is 0 Å². The highest BCUT2D eigenvalue weighted by molar-refractivity contribution is 6.04. The second-order valence-corrected chi connectivity index (χ2v) is 8.18. The van der Waals surface area contributed by atoms with Gasteiger partial charge >= 0.3 is 0 Å². The number of piperidine rings is 1. The number of carbonyl (C=O) groups excluding carboxylic acids is 1. The highest BCUT2D eigenvalue weighted by Crippen LogP contribution is 2.33. The first kappa shape index (κ1) is 20.1. The third-order valence-corrected chi connectivity index (χ3v) is 5.96. The lowest BCUT2D eigenvalue weighted by molar-refractivity contribution is 0.102. The van der Waals surface area contributed by atoms with Crippen LogP contribution in [0.1, 0.15) is 41.9 Å². The molecule has 1 aromatic carbocycles. The van der Waals surface area contributed by atoms with Crippen molar-refractivity contribution in [2.45, 2.75) is 31.7 Å². The van der Waals surface area contributed by atoms with Crippen molar-refractivity contribution in [1.82, 2.24) is 24.7 Å². The number of benzene rings is 1. The predicted octanol–water partition coefficient (Wildman–Crippen LogP) is 3.48. The maximum atomic E-state index is 12.6. The van der Waals surface area contributed by atoms with Crippen LogP contribution in [-0.2, 0) is 0 Å². The molecule has 162 valence electrons. The van der Waals surface area contributed by atoms with E-state index in [0.29, 0.717) is 29.2 Å². The summed E-state index contributed by atoms with van der Waals surface area (Å²) in [6, 6.07) is 13.3. The van der Waals surface area contributed by atoms with Gasteiger partial charge in [-0.2, -0.15) is 0 Å². The summed E-state index contributed by atoms with van der Waals surface area (Å²) >= 11 is 0. The predicted molar refractivity (Wildman–Crippen MR) is 124 cm³/mol. The first-order valence-corrected chi connectivity index (χ1v) is 10.8. The zero-order valence-electron chi connectivity index (χ0n) is 17.8. The molecule has 3 aromatic heterocycles. The second kappa shape index (κ2) is 8.39. The number of carbonyl (C=O) groups is 1. The van der Waals surface area contributed by atoms with Gasteiger partial charge in [0, 0.05) is 48.2 Å². The number of aromatic nitrogens is 4. The van der Waals surface area contributed by atoms with E-state index in [1.165, 1.54) is 0 Å². The Labute approximate surface area is 185 Å². The van der Waals surface area contributed by atoms with Gasteiger partial charge < -0.3 is 16.4 Å². The lowest BCUT2D eigenvalue weighted by atomic mass is 9.95. The Hall–Kier alpha value is -3.78. The number of nitrogens with one attached hydrogen (secondary N) is 2. The van der Waals surface area contributed by atoms with E-state index in [2.05, 4.69) is 31.9 Å². The van der Waals surface area contributed by atoms with Crippen LogP contribution in [0.15, 0.2) is 61.1 Å². The van der Waals surface area contributed by atoms with Crippen molar-refractivity contribution in [3.05, 3.63) is 72.4 Å². The molecular weight excluding hydrogens is 402 g/mol. The van der Waals surface area contributed by atoms with Gasteiger partial charge in [-0.05, 0) is 44.0 Å². The second-order valence-electron chi connectivity index (χ2n) is 8.18. The van der Waals surface area contributed by atoms with Gasteiger partial charge in [-0.15, -0.1) is 0 Å². The fourth-order valence-corrected chi connectivity index (χ4v) is 4.20.